The molecule has 62 valence electrons. The zero-order chi connectivity index (χ0) is 9.14. The second-order valence-electron chi connectivity index (χ2n) is 2.46. The lowest BCUT2D eigenvalue weighted by Crippen LogP contribution is -2.09. The summed E-state index contributed by atoms with van der Waals surface area (Å²) in [6.07, 6.45) is 0.734. The molecule has 4 heteroatoms. The van der Waals surface area contributed by atoms with Crippen molar-refractivity contribution in [2.24, 2.45) is 0 Å². The van der Waals surface area contributed by atoms with Gasteiger partial charge in [0.15, 0.2) is 6.29 Å². The standard InChI is InChI=1S/C8H8BClO2/c1-12-8-5(4-11)2-6(10)3-7(8)9/h2-4H,9H2,1H3. The zero-order valence-electron chi connectivity index (χ0n) is 6.93. The van der Waals surface area contributed by atoms with Gasteiger partial charge >= 0.3 is 0 Å². The molecule has 0 saturated heterocycles. The van der Waals surface area contributed by atoms with Crippen LogP contribution in [0.15, 0.2) is 12.1 Å². The molecule has 0 radical (unpaired) electrons. The predicted molar refractivity (Wildman–Crippen MR) is 51.6 cm³/mol. The highest BCUT2D eigenvalue weighted by Crippen LogP contribution is 2.17. The quantitative estimate of drug-likeness (QED) is 0.489. The first-order valence-electron chi connectivity index (χ1n) is 3.48. The Bertz CT molecular complexity index is 312. The Morgan fingerprint density at radius 2 is 2.25 bits per heavy atom. The van der Waals surface area contributed by atoms with Gasteiger partial charge in [0.1, 0.15) is 13.6 Å². The molecule has 0 aliphatic rings. The molecule has 0 aromatic heterocycles. The first-order chi connectivity index (χ1) is 5.69. The highest BCUT2D eigenvalue weighted by Gasteiger charge is 2.05. The first-order valence-corrected chi connectivity index (χ1v) is 3.86. The van der Waals surface area contributed by atoms with Crippen LogP contribution in [0.3, 0.4) is 0 Å². The maximum atomic E-state index is 10.6. The first kappa shape index (κ1) is 9.14. The van der Waals surface area contributed by atoms with Crippen LogP contribution in [0.5, 0.6) is 5.75 Å². The third-order valence-corrected chi connectivity index (χ3v) is 1.82. The minimum absolute atomic E-state index is 0.488. The van der Waals surface area contributed by atoms with Crippen molar-refractivity contribution in [1.29, 1.82) is 0 Å². The molecule has 0 fully saturated rings. The molecule has 0 unspecified atom stereocenters. The minimum atomic E-state index is 0.488. The van der Waals surface area contributed by atoms with Crippen molar-refractivity contribution < 1.29 is 9.53 Å². The Kier molecular flexibility index (Phi) is 2.76. The number of rotatable bonds is 2. The lowest BCUT2D eigenvalue weighted by Gasteiger charge is -2.07. The van der Waals surface area contributed by atoms with E-state index in [1.165, 1.54) is 7.11 Å². The van der Waals surface area contributed by atoms with Crippen molar-refractivity contribution >= 4 is 31.2 Å². The van der Waals surface area contributed by atoms with Crippen LogP contribution in [-0.4, -0.2) is 21.2 Å². The number of carbonyl (C=O) groups is 1. The van der Waals surface area contributed by atoms with Gasteiger partial charge in [0.25, 0.3) is 0 Å². The second kappa shape index (κ2) is 3.63. The summed E-state index contributed by atoms with van der Waals surface area (Å²) in [5, 5.41) is 0.551. The van der Waals surface area contributed by atoms with E-state index in [-0.39, 0.29) is 0 Å². The van der Waals surface area contributed by atoms with Crippen LogP contribution in [0.4, 0.5) is 0 Å². The normalized spacial score (nSPS) is 9.50. The maximum Gasteiger partial charge on any atom is 0.153 e. The Labute approximate surface area is 76.9 Å². The molecule has 0 atom stereocenters. The number of aldehydes is 1. The number of methoxy groups -OCH3 is 1. The van der Waals surface area contributed by atoms with Gasteiger partial charge in [-0.15, -0.1) is 0 Å². The van der Waals surface area contributed by atoms with Crippen molar-refractivity contribution in [3.8, 4) is 5.75 Å². The molecule has 2 nitrogen and oxygen atoms in total. The monoisotopic (exact) mass is 182 g/mol. The van der Waals surface area contributed by atoms with Gasteiger partial charge in [-0.2, -0.15) is 0 Å². The topological polar surface area (TPSA) is 26.3 Å². The van der Waals surface area contributed by atoms with Crippen LogP contribution in [-0.2, 0) is 0 Å². The van der Waals surface area contributed by atoms with E-state index < -0.39 is 0 Å². The van der Waals surface area contributed by atoms with E-state index in [9.17, 15) is 4.79 Å². The molecule has 0 heterocycles. The van der Waals surface area contributed by atoms with Crippen molar-refractivity contribution in [2.75, 3.05) is 7.11 Å². The lowest BCUT2D eigenvalue weighted by molar-refractivity contribution is 0.112. The highest BCUT2D eigenvalue weighted by atomic mass is 35.5. The van der Waals surface area contributed by atoms with Gasteiger partial charge in [-0.3, -0.25) is 4.79 Å². The number of hydrogen-bond acceptors (Lipinski definition) is 2. The molecule has 1 aromatic rings. The van der Waals surface area contributed by atoms with Crippen LogP contribution in [0, 0.1) is 0 Å². The Morgan fingerprint density at radius 3 is 2.75 bits per heavy atom. The number of benzene rings is 1. The second-order valence-corrected chi connectivity index (χ2v) is 2.90. The van der Waals surface area contributed by atoms with E-state index in [0.29, 0.717) is 16.3 Å². The molecule has 0 saturated carbocycles. The third-order valence-electron chi connectivity index (χ3n) is 1.60. The fourth-order valence-corrected chi connectivity index (χ4v) is 1.40. The smallest absolute Gasteiger partial charge is 0.153 e. The van der Waals surface area contributed by atoms with Gasteiger partial charge in [0.2, 0.25) is 0 Å². The van der Waals surface area contributed by atoms with Gasteiger partial charge in [0.05, 0.1) is 12.7 Å². The van der Waals surface area contributed by atoms with Gasteiger partial charge < -0.3 is 4.74 Å². The van der Waals surface area contributed by atoms with E-state index in [4.69, 9.17) is 16.3 Å². The van der Waals surface area contributed by atoms with Gasteiger partial charge in [0, 0.05) is 5.02 Å². The van der Waals surface area contributed by atoms with Crippen molar-refractivity contribution in [3.05, 3.63) is 22.7 Å². The summed E-state index contributed by atoms with van der Waals surface area (Å²) < 4.78 is 5.03. The molecule has 12 heavy (non-hydrogen) atoms. The summed E-state index contributed by atoms with van der Waals surface area (Å²) in [5.74, 6) is 0.592. The van der Waals surface area contributed by atoms with Crippen LogP contribution >= 0.6 is 11.6 Å². The average molecular weight is 182 g/mol. The van der Waals surface area contributed by atoms with E-state index in [1.54, 1.807) is 12.1 Å². The molecular weight excluding hydrogens is 174 g/mol. The van der Waals surface area contributed by atoms with Crippen molar-refractivity contribution in [1.82, 2.24) is 0 Å². The summed E-state index contributed by atoms with van der Waals surface area (Å²) in [7, 11) is 3.38. The van der Waals surface area contributed by atoms with E-state index >= 15 is 0 Å². The summed E-state index contributed by atoms with van der Waals surface area (Å²) in [5.41, 5.74) is 1.36. The van der Waals surface area contributed by atoms with Crippen molar-refractivity contribution in [3.63, 3.8) is 0 Å². The predicted octanol–water partition coefficient (Wildman–Crippen LogP) is 0.419. The molecule has 1 rings (SSSR count). The zero-order valence-corrected chi connectivity index (χ0v) is 7.68. The average Bonchev–Trinajstić information content (AvgIpc) is 2.03. The van der Waals surface area contributed by atoms with E-state index in [0.717, 1.165) is 11.7 Å². The number of hydrogen-bond donors (Lipinski definition) is 0. The summed E-state index contributed by atoms with van der Waals surface area (Å²) >= 11 is 5.74. The summed E-state index contributed by atoms with van der Waals surface area (Å²) in [4.78, 5) is 10.6. The largest absolute Gasteiger partial charge is 0.497 e. The Hall–Kier alpha value is -0.955. The molecule has 0 N–H and O–H groups in total. The van der Waals surface area contributed by atoms with Crippen LogP contribution in [0.1, 0.15) is 10.4 Å². The number of halogens is 1. The lowest BCUT2D eigenvalue weighted by atomic mass is 9.93. The van der Waals surface area contributed by atoms with Gasteiger partial charge in [-0.1, -0.05) is 11.6 Å². The molecule has 0 spiro atoms. The van der Waals surface area contributed by atoms with Gasteiger partial charge in [-0.05, 0) is 17.6 Å². The SMILES string of the molecule is Bc1cc(Cl)cc(C=O)c1OC. The Morgan fingerprint density at radius 1 is 1.58 bits per heavy atom. The number of ether oxygens (including phenoxy) is 1. The molecule has 0 amide bonds. The summed E-state index contributed by atoms with van der Waals surface area (Å²) in [6, 6.07) is 3.34. The molecule has 0 aliphatic carbocycles. The van der Waals surface area contributed by atoms with Crippen molar-refractivity contribution in [2.45, 2.75) is 0 Å². The van der Waals surface area contributed by atoms with Crippen LogP contribution in [0.2, 0.25) is 5.02 Å². The molecule has 1 aromatic carbocycles. The molecular formula is C8H8BClO2. The van der Waals surface area contributed by atoms with Crippen LogP contribution < -0.4 is 10.2 Å². The van der Waals surface area contributed by atoms with E-state index in [1.807, 2.05) is 7.85 Å². The fraction of sp³-hybridized carbons (Fsp3) is 0.125. The Balaban J connectivity index is 3.33. The minimum Gasteiger partial charge on any atom is -0.497 e. The molecule has 0 bridgehead atoms. The fourth-order valence-electron chi connectivity index (χ4n) is 1.12. The third kappa shape index (κ3) is 1.61. The summed E-state index contributed by atoms with van der Waals surface area (Å²) in [6.45, 7) is 0. The number of carbonyl (C=O) groups excluding carboxylic acids is 1. The molecule has 0 aliphatic heterocycles. The highest BCUT2D eigenvalue weighted by molar-refractivity contribution is 6.38. The van der Waals surface area contributed by atoms with E-state index in [2.05, 4.69) is 0 Å². The maximum absolute atomic E-state index is 10.6. The van der Waals surface area contributed by atoms with Gasteiger partial charge in [-0.25, -0.2) is 0 Å². The van der Waals surface area contributed by atoms with Crippen LogP contribution in [0.25, 0.3) is 0 Å².